The zero-order valence-corrected chi connectivity index (χ0v) is 15.4. The van der Waals surface area contributed by atoms with Gasteiger partial charge in [-0.2, -0.15) is 0 Å². The summed E-state index contributed by atoms with van der Waals surface area (Å²) in [7, 11) is -3.53. The van der Waals surface area contributed by atoms with Gasteiger partial charge in [0.2, 0.25) is 10.0 Å². The molecule has 0 aliphatic carbocycles. The maximum atomic E-state index is 12.2. The Labute approximate surface area is 145 Å². The minimum atomic E-state index is -3.53. The Morgan fingerprint density at radius 2 is 2.09 bits per heavy atom. The molecule has 0 aliphatic heterocycles. The van der Waals surface area contributed by atoms with Gasteiger partial charge < -0.3 is 0 Å². The molecule has 0 radical (unpaired) electrons. The molecule has 22 heavy (non-hydrogen) atoms. The van der Waals surface area contributed by atoms with Crippen molar-refractivity contribution >= 4 is 55.6 Å². The molecule has 0 aliphatic rings. The van der Waals surface area contributed by atoms with Gasteiger partial charge in [-0.05, 0) is 30.5 Å². The predicted octanol–water partition coefficient (Wildman–Crippen LogP) is 4.37. The third-order valence-corrected chi connectivity index (χ3v) is 8.18. The summed E-state index contributed by atoms with van der Waals surface area (Å²) in [6.07, 6.45) is 0. The number of aromatic nitrogens is 1. The van der Waals surface area contributed by atoms with Crippen molar-refractivity contribution in [2.45, 2.75) is 17.7 Å². The third kappa shape index (κ3) is 3.42. The molecule has 116 valence electrons. The number of aryl methyl sites for hydroxylation is 1. The highest BCUT2D eigenvalue weighted by Gasteiger charge is 2.18. The molecule has 0 atom stereocenters. The van der Waals surface area contributed by atoms with Crippen molar-refractivity contribution in [3.63, 3.8) is 0 Å². The Balaban J connectivity index is 1.77. The Hall–Kier alpha value is -0.770. The van der Waals surface area contributed by atoms with Crippen molar-refractivity contribution in [2.24, 2.45) is 0 Å². The molecule has 0 spiro atoms. The Morgan fingerprint density at radius 1 is 1.27 bits per heavy atom. The fourth-order valence-corrected chi connectivity index (χ4v) is 6.18. The summed E-state index contributed by atoms with van der Waals surface area (Å²) < 4.78 is 27.7. The highest BCUT2D eigenvalue weighted by Crippen LogP contribution is 2.31. The lowest BCUT2D eigenvalue weighted by atomic mass is 10.4. The Kier molecular flexibility index (Phi) is 4.67. The second kappa shape index (κ2) is 6.38. The van der Waals surface area contributed by atoms with Crippen LogP contribution in [0.5, 0.6) is 0 Å². The van der Waals surface area contributed by atoms with Gasteiger partial charge in [0.1, 0.15) is 9.22 Å². The number of thiazole rings is 1. The third-order valence-electron chi connectivity index (χ3n) is 2.86. The molecule has 1 N–H and O–H groups in total. The molecule has 9 heteroatoms. The van der Waals surface area contributed by atoms with Crippen LogP contribution in [0.15, 0.2) is 33.9 Å². The lowest BCUT2D eigenvalue weighted by Crippen LogP contribution is -2.22. The van der Waals surface area contributed by atoms with E-state index in [1.807, 2.05) is 24.4 Å². The quantitative estimate of drug-likeness (QED) is 0.703. The van der Waals surface area contributed by atoms with E-state index >= 15 is 0 Å². The molecular formula is C13H11ClN2O2S4. The van der Waals surface area contributed by atoms with Crippen molar-refractivity contribution < 1.29 is 8.42 Å². The minimum absolute atomic E-state index is 0.221. The fourth-order valence-electron chi connectivity index (χ4n) is 1.77. The highest BCUT2D eigenvalue weighted by molar-refractivity contribution is 7.91. The van der Waals surface area contributed by atoms with E-state index in [-0.39, 0.29) is 10.8 Å². The number of halogens is 1. The van der Waals surface area contributed by atoms with E-state index in [0.29, 0.717) is 4.34 Å². The maximum Gasteiger partial charge on any atom is 0.250 e. The zero-order chi connectivity index (χ0) is 15.7. The molecule has 3 aromatic heterocycles. The van der Waals surface area contributed by atoms with Crippen LogP contribution >= 0.6 is 45.6 Å². The smallest absolute Gasteiger partial charge is 0.240 e. The van der Waals surface area contributed by atoms with Gasteiger partial charge in [-0.3, -0.25) is 0 Å². The maximum absolute atomic E-state index is 12.2. The van der Waals surface area contributed by atoms with E-state index in [2.05, 4.69) is 9.71 Å². The number of rotatable bonds is 5. The summed E-state index contributed by atoms with van der Waals surface area (Å²) in [6.45, 7) is 2.12. The topological polar surface area (TPSA) is 59.1 Å². The fraction of sp³-hybridized carbons (Fsp3) is 0.154. The predicted molar refractivity (Wildman–Crippen MR) is 93.5 cm³/mol. The number of sulfonamides is 1. The van der Waals surface area contributed by atoms with Gasteiger partial charge >= 0.3 is 0 Å². The number of hydrogen-bond acceptors (Lipinski definition) is 6. The average Bonchev–Trinajstić information content (AvgIpc) is 3.17. The summed E-state index contributed by atoms with van der Waals surface area (Å²) in [4.78, 5) is 6.51. The first-order chi connectivity index (χ1) is 10.5. The van der Waals surface area contributed by atoms with Crippen LogP contribution in [0.3, 0.4) is 0 Å². The molecule has 0 aromatic carbocycles. The van der Waals surface area contributed by atoms with Gasteiger partial charge in [0.15, 0.2) is 0 Å². The van der Waals surface area contributed by atoms with Crippen LogP contribution in [0.1, 0.15) is 10.6 Å². The van der Waals surface area contributed by atoms with Gasteiger partial charge in [-0.1, -0.05) is 17.7 Å². The molecular weight excluding hydrogens is 380 g/mol. The first kappa shape index (κ1) is 16.1. The molecule has 3 heterocycles. The summed E-state index contributed by atoms with van der Waals surface area (Å²) in [5.74, 6) is 0. The van der Waals surface area contributed by atoms with E-state index < -0.39 is 10.0 Å². The molecule has 3 aromatic rings. The van der Waals surface area contributed by atoms with Crippen LogP contribution in [-0.2, 0) is 16.6 Å². The number of nitrogens with zero attached hydrogens (tertiary/aromatic N) is 1. The second-order valence-electron chi connectivity index (χ2n) is 4.39. The molecule has 0 saturated carbocycles. The monoisotopic (exact) mass is 390 g/mol. The van der Waals surface area contributed by atoms with E-state index in [4.69, 9.17) is 11.6 Å². The molecule has 4 nitrogen and oxygen atoms in total. The molecule has 0 bridgehead atoms. The zero-order valence-electron chi connectivity index (χ0n) is 11.4. The largest absolute Gasteiger partial charge is 0.250 e. The Bertz CT molecular complexity index is 881. The van der Waals surface area contributed by atoms with E-state index in [9.17, 15) is 8.42 Å². The van der Waals surface area contributed by atoms with Crippen molar-refractivity contribution in [1.29, 1.82) is 0 Å². The van der Waals surface area contributed by atoms with Gasteiger partial charge in [0, 0.05) is 11.4 Å². The van der Waals surface area contributed by atoms with Crippen molar-refractivity contribution in [1.82, 2.24) is 9.71 Å². The second-order valence-corrected chi connectivity index (χ2v) is 10.1. The van der Waals surface area contributed by atoms with Crippen LogP contribution in [0, 0.1) is 6.92 Å². The molecule has 0 fully saturated rings. The van der Waals surface area contributed by atoms with Gasteiger partial charge in [0.05, 0.1) is 14.9 Å². The molecule has 3 rings (SSSR count). The van der Waals surface area contributed by atoms with Gasteiger partial charge in [0.25, 0.3) is 0 Å². The lowest BCUT2D eigenvalue weighted by molar-refractivity contribution is 0.584. The normalized spacial score (nSPS) is 11.9. The van der Waals surface area contributed by atoms with Crippen molar-refractivity contribution in [3.8, 4) is 9.88 Å². The lowest BCUT2D eigenvalue weighted by Gasteiger charge is -2.03. The summed E-state index contributed by atoms with van der Waals surface area (Å²) >= 11 is 9.96. The van der Waals surface area contributed by atoms with E-state index in [1.54, 1.807) is 17.4 Å². The van der Waals surface area contributed by atoms with Gasteiger partial charge in [-0.25, -0.2) is 18.1 Å². The summed E-state index contributed by atoms with van der Waals surface area (Å²) in [5, 5.41) is 2.91. The van der Waals surface area contributed by atoms with E-state index in [1.165, 1.54) is 17.4 Å². The SMILES string of the molecule is Cc1nc(-c2cccs2)sc1CNS(=O)(=O)c1ccc(Cl)s1. The van der Waals surface area contributed by atoms with E-state index in [0.717, 1.165) is 31.8 Å². The minimum Gasteiger partial charge on any atom is -0.240 e. The van der Waals surface area contributed by atoms with Crippen LogP contribution in [0.25, 0.3) is 9.88 Å². The average molecular weight is 391 g/mol. The molecule has 0 amide bonds. The van der Waals surface area contributed by atoms with Crippen LogP contribution in [0.4, 0.5) is 0 Å². The Morgan fingerprint density at radius 3 is 2.73 bits per heavy atom. The first-order valence-corrected chi connectivity index (χ1v) is 10.6. The van der Waals surface area contributed by atoms with Crippen molar-refractivity contribution in [3.05, 3.63) is 44.6 Å². The first-order valence-electron chi connectivity index (χ1n) is 6.21. The van der Waals surface area contributed by atoms with Gasteiger partial charge in [-0.15, -0.1) is 34.0 Å². The number of nitrogens with one attached hydrogen (secondary N) is 1. The molecule has 0 unspecified atom stereocenters. The number of thiophene rings is 2. The van der Waals surface area contributed by atoms with Crippen molar-refractivity contribution in [2.75, 3.05) is 0 Å². The standard InChI is InChI=1S/C13H11ClN2O2S4/c1-8-10(20-13(16-8)9-3-2-6-19-9)7-15-22(17,18)12-5-4-11(14)21-12/h2-6,15H,7H2,1H3. The highest BCUT2D eigenvalue weighted by atomic mass is 35.5. The summed E-state index contributed by atoms with van der Waals surface area (Å²) in [6, 6.07) is 7.06. The summed E-state index contributed by atoms with van der Waals surface area (Å²) in [5.41, 5.74) is 0.848. The number of hydrogen-bond donors (Lipinski definition) is 1. The molecule has 0 saturated heterocycles. The van der Waals surface area contributed by atoms with Crippen LogP contribution in [0.2, 0.25) is 4.34 Å². The van der Waals surface area contributed by atoms with Crippen LogP contribution in [-0.4, -0.2) is 13.4 Å². The van der Waals surface area contributed by atoms with Crippen LogP contribution < -0.4 is 4.72 Å².